The van der Waals surface area contributed by atoms with Gasteiger partial charge in [0, 0.05) is 0 Å². The number of sulfone groups is 1. The van der Waals surface area contributed by atoms with Gasteiger partial charge in [-0.1, -0.05) is 31.0 Å². The van der Waals surface area contributed by atoms with Crippen molar-refractivity contribution in [2.75, 3.05) is 5.75 Å². The molecule has 7 heteroatoms. The van der Waals surface area contributed by atoms with Crippen LogP contribution in [0.5, 0.6) is 0 Å². The number of rotatable bonds is 8. The minimum atomic E-state index is -3.57. The molecule has 1 aliphatic carbocycles. The molecule has 1 aliphatic rings. The van der Waals surface area contributed by atoms with Gasteiger partial charge < -0.3 is 10.2 Å². The predicted octanol–water partition coefficient (Wildman–Crippen LogP) is 2.59. The number of benzene rings is 1. The Morgan fingerprint density at radius 3 is 2.17 bits per heavy atom. The van der Waals surface area contributed by atoms with E-state index in [4.69, 9.17) is 0 Å². The lowest BCUT2D eigenvalue weighted by Crippen LogP contribution is -2.33. The van der Waals surface area contributed by atoms with Crippen LogP contribution >= 0.6 is 0 Å². The first-order valence-electron chi connectivity index (χ1n) is 8.01. The number of aliphatic carboxylic acids is 2. The zero-order valence-electron chi connectivity index (χ0n) is 13.3. The smallest absolute Gasteiger partial charge is 0.309 e. The average Bonchev–Trinajstić information content (AvgIpc) is 3.02. The Morgan fingerprint density at radius 1 is 1.08 bits per heavy atom. The molecule has 0 amide bonds. The van der Waals surface area contributed by atoms with E-state index < -0.39 is 33.1 Å². The first-order chi connectivity index (χ1) is 11.3. The van der Waals surface area contributed by atoms with Crippen molar-refractivity contribution in [3.05, 3.63) is 30.3 Å². The van der Waals surface area contributed by atoms with Crippen molar-refractivity contribution in [2.45, 2.75) is 43.4 Å². The van der Waals surface area contributed by atoms with Gasteiger partial charge in [0.05, 0.1) is 22.0 Å². The van der Waals surface area contributed by atoms with Crippen LogP contribution in [0, 0.1) is 11.3 Å². The van der Waals surface area contributed by atoms with E-state index in [1.165, 1.54) is 12.1 Å². The summed E-state index contributed by atoms with van der Waals surface area (Å²) in [5.74, 6) is -3.38. The second-order valence-corrected chi connectivity index (χ2v) is 8.56. The monoisotopic (exact) mass is 354 g/mol. The zero-order valence-corrected chi connectivity index (χ0v) is 14.2. The van der Waals surface area contributed by atoms with Crippen LogP contribution in [0.1, 0.15) is 38.5 Å². The molecule has 24 heavy (non-hydrogen) atoms. The third-order valence-corrected chi connectivity index (χ3v) is 6.60. The Bertz CT molecular complexity index is 689. The summed E-state index contributed by atoms with van der Waals surface area (Å²) in [6.45, 7) is 0. The molecule has 1 aromatic carbocycles. The topological polar surface area (TPSA) is 109 Å². The largest absolute Gasteiger partial charge is 0.481 e. The normalized spacial score (nSPS) is 18.2. The minimum Gasteiger partial charge on any atom is -0.481 e. The molecule has 0 heterocycles. The Kier molecular flexibility index (Phi) is 5.64. The predicted molar refractivity (Wildman–Crippen MR) is 87.4 cm³/mol. The van der Waals surface area contributed by atoms with E-state index in [1.54, 1.807) is 18.2 Å². The van der Waals surface area contributed by atoms with Gasteiger partial charge in [-0.3, -0.25) is 9.59 Å². The molecule has 6 nitrogen and oxygen atoms in total. The van der Waals surface area contributed by atoms with Crippen LogP contribution in [0.4, 0.5) is 0 Å². The van der Waals surface area contributed by atoms with E-state index in [0.29, 0.717) is 12.8 Å². The summed E-state index contributed by atoms with van der Waals surface area (Å²) in [4.78, 5) is 23.3. The van der Waals surface area contributed by atoms with E-state index in [1.807, 2.05) is 0 Å². The van der Waals surface area contributed by atoms with Crippen molar-refractivity contribution >= 4 is 21.8 Å². The minimum absolute atomic E-state index is 0.0119. The van der Waals surface area contributed by atoms with E-state index in [0.717, 1.165) is 12.8 Å². The lowest BCUT2D eigenvalue weighted by atomic mass is 9.77. The van der Waals surface area contributed by atoms with Crippen molar-refractivity contribution in [3.63, 3.8) is 0 Å². The van der Waals surface area contributed by atoms with Gasteiger partial charge in [-0.2, -0.15) is 0 Å². The lowest BCUT2D eigenvalue weighted by molar-refractivity contribution is -0.152. The summed E-state index contributed by atoms with van der Waals surface area (Å²) in [5, 5.41) is 18.9. The standard InChI is InChI=1S/C17H22O6S/c18-15(19)13(12-17(16(20)21)9-4-5-10-17)8-11-24(22,23)14-6-2-1-3-7-14/h1-3,6-7,13H,4-5,8-12H2,(H,18,19)(H,20,21). The van der Waals surface area contributed by atoms with Gasteiger partial charge in [-0.15, -0.1) is 0 Å². The Hall–Kier alpha value is -1.89. The molecule has 0 radical (unpaired) electrons. The van der Waals surface area contributed by atoms with Crippen LogP contribution in [0.3, 0.4) is 0 Å². The van der Waals surface area contributed by atoms with Crippen molar-refractivity contribution in [1.29, 1.82) is 0 Å². The molecule has 0 aliphatic heterocycles. The summed E-state index contributed by atoms with van der Waals surface area (Å²) in [6, 6.07) is 7.87. The third kappa shape index (κ3) is 4.14. The van der Waals surface area contributed by atoms with Crippen LogP contribution < -0.4 is 0 Å². The van der Waals surface area contributed by atoms with Crippen LogP contribution in [0.15, 0.2) is 35.2 Å². The Morgan fingerprint density at radius 2 is 1.67 bits per heavy atom. The van der Waals surface area contributed by atoms with Gasteiger partial charge in [-0.05, 0) is 37.8 Å². The van der Waals surface area contributed by atoms with Crippen molar-refractivity contribution < 1.29 is 28.2 Å². The molecule has 1 aromatic rings. The van der Waals surface area contributed by atoms with Crippen LogP contribution in [-0.2, 0) is 19.4 Å². The maximum atomic E-state index is 12.3. The highest BCUT2D eigenvalue weighted by atomic mass is 32.2. The fraction of sp³-hybridized carbons (Fsp3) is 0.529. The highest BCUT2D eigenvalue weighted by Crippen LogP contribution is 2.44. The number of hydrogen-bond acceptors (Lipinski definition) is 4. The number of carboxylic acids is 2. The van der Waals surface area contributed by atoms with Crippen LogP contribution in [-0.4, -0.2) is 36.3 Å². The molecule has 1 saturated carbocycles. The van der Waals surface area contributed by atoms with E-state index in [-0.39, 0.29) is 23.5 Å². The van der Waals surface area contributed by atoms with Crippen LogP contribution in [0.25, 0.3) is 0 Å². The van der Waals surface area contributed by atoms with Crippen molar-refractivity contribution in [2.24, 2.45) is 11.3 Å². The first-order valence-corrected chi connectivity index (χ1v) is 9.66. The van der Waals surface area contributed by atoms with Gasteiger partial charge in [-0.25, -0.2) is 8.42 Å². The van der Waals surface area contributed by atoms with Crippen molar-refractivity contribution in [3.8, 4) is 0 Å². The van der Waals surface area contributed by atoms with Gasteiger partial charge in [0.1, 0.15) is 0 Å². The Balaban J connectivity index is 2.09. The number of hydrogen-bond donors (Lipinski definition) is 2. The van der Waals surface area contributed by atoms with E-state index in [9.17, 15) is 28.2 Å². The molecule has 0 bridgehead atoms. The van der Waals surface area contributed by atoms with Gasteiger partial charge >= 0.3 is 11.9 Å². The van der Waals surface area contributed by atoms with Crippen molar-refractivity contribution in [1.82, 2.24) is 0 Å². The van der Waals surface area contributed by atoms with E-state index in [2.05, 4.69) is 0 Å². The van der Waals surface area contributed by atoms with Gasteiger partial charge in [0.15, 0.2) is 9.84 Å². The maximum absolute atomic E-state index is 12.3. The Labute approximate surface area is 141 Å². The molecular weight excluding hydrogens is 332 g/mol. The maximum Gasteiger partial charge on any atom is 0.309 e. The molecule has 1 fully saturated rings. The molecule has 0 spiro atoms. The summed E-state index contributed by atoms with van der Waals surface area (Å²) < 4.78 is 24.6. The lowest BCUT2D eigenvalue weighted by Gasteiger charge is -2.27. The molecule has 0 aromatic heterocycles. The second-order valence-electron chi connectivity index (χ2n) is 6.45. The van der Waals surface area contributed by atoms with Gasteiger partial charge in [0.25, 0.3) is 0 Å². The second kappa shape index (κ2) is 7.34. The van der Waals surface area contributed by atoms with E-state index >= 15 is 0 Å². The summed E-state index contributed by atoms with van der Waals surface area (Å²) in [7, 11) is -3.57. The zero-order chi connectivity index (χ0) is 17.8. The quantitative estimate of drug-likeness (QED) is 0.743. The fourth-order valence-electron chi connectivity index (χ4n) is 3.38. The fourth-order valence-corrected chi connectivity index (χ4v) is 4.79. The average molecular weight is 354 g/mol. The van der Waals surface area contributed by atoms with Crippen LogP contribution in [0.2, 0.25) is 0 Å². The first kappa shape index (κ1) is 18.4. The number of carbonyl (C=O) groups is 2. The highest BCUT2D eigenvalue weighted by molar-refractivity contribution is 7.91. The molecule has 1 unspecified atom stereocenters. The highest BCUT2D eigenvalue weighted by Gasteiger charge is 2.44. The molecule has 2 N–H and O–H groups in total. The van der Waals surface area contributed by atoms with Gasteiger partial charge in [0.2, 0.25) is 0 Å². The molecule has 132 valence electrons. The summed E-state index contributed by atoms with van der Waals surface area (Å²) >= 11 is 0. The summed E-state index contributed by atoms with van der Waals surface area (Å²) in [5.41, 5.74) is -1.03. The third-order valence-electron chi connectivity index (χ3n) is 4.84. The SMILES string of the molecule is O=C(O)C(CCS(=O)(=O)c1ccccc1)CC1(C(=O)O)CCCC1. The molecule has 1 atom stereocenters. The molecule has 0 saturated heterocycles. The number of carboxylic acid groups (broad SMARTS) is 2. The molecule has 2 rings (SSSR count). The summed E-state index contributed by atoms with van der Waals surface area (Å²) in [6.07, 6.45) is 2.35. The molecular formula is C17H22O6S.